The number of rotatable bonds is 2. The number of fused-ring (bicyclic) bond motifs is 1. The first-order valence-electron chi connectivity index (χ1n) is 5.09. The van der Waals surface area contributed by atoms with Crippen molar-refractivity contribution in [1.29, 1.82) is 0 Å². The van der Waals surface area contributed by atoms with Crippen LogP contribution in [0.1, 0.15) is 19.8 Å². The average Bonchev–Trinajstić information content (AvgIpc) is 2.59. The van der Waals surface area contributed by atoms with Crippen LogP contribution in [-0.2, 0) is 19.1 Å². The monoisotopic (exact) mass is 214 g/mol. The summed E-state index contributed by atoms with van der Waals surface area (Å²) in [6.45, 7) is 1.27. The number of carbonyl (C=O) groups excluding carboxylic acids is 2. The Labute approximate surface area is 87.4 Å². The molecule has 0 radical (unpaired) electrons. The predicted octanol–water partition coefficient (Wildman–Crippen LogP) is -0.138. The van der Waals surface area contributed by atoms with E-state index in [4.69, 9.17) is 9.47 Å². The lowest BCUT2D eigenvalue weighted by atomic mass is 9.93. The van der Waals surface area contributed by atoms with E-state index in [1.807, 2.05) is 0 Å². The highest BCUT2D eigenvalue weighted by atomic mass is 16.6. The van der Waals surface area contributed by atoms with Gasteiger partial charge >= 0.3 is 11.9 Å². The maximum absolute atomic E-state index is 11.0. The minimum absolute atomic E-state index is 0.00634. The maximum atomic E-state index is 11.0. The molecule has 5 nitrogen and oxygen atoms in total. The quantitative estimate of drug-likeness (QED) is 0.648. The highest BCUT2D eigenvalue weighted by Crippen LogP contribution is 2.42. The van der Waals surface area contributed by atoms with Crippen molar-refractivity contribution in [1.82, 2.24) is 0 Å². The Balaban J connectivity index is 2.06. The summed E-state index contributed by atoms with van der Waals surface area (Å²) in [5.41, 5.74) is 0. The molecule has 0 unspecified atom stereocenters. The van der Waals surface area contributed by atoms with E-state index >= 15 is 0 Å². The van der Waals surface area contributed by atoms with E-state index < -0.39 is 0 Å². The molecule has 0 aromatic rings. The van der Waals surface area contributed by atoms with Gasteiger partial charge in [-0.25, -0.2) is 0 Å². The third-order valence-electron chi connectivity index (χ3n) is 3.18. The Morgan fingerprint density at radius 2 is 2.40 bits per heavy atom. The van der Waals surface area contributed by atoms with Gasteiger partial charge in [0.15, 0.2) is 0 Å². The number of hydrogen-bond acceptors (Lipinski definition) is 5. The molecule has 1 aliphatic heterocycles. The van der Waals surface area contributed by atoms with Crippen molar-refractivity contribution in [3.63, 3.8) is 0 Å². The van der Waals surface area contributed by atoms with Gasteiger partial charge in [0, 0.05) is 31.8 Å². The summed E-state index contributed by atoms with van der Waals surface area (Å²) in [5, 5.41) is 9.22. The van der Waals surface area contributed by atoms with Crippen LogP contribution in [0.15, 0.2) is 0 Å². The molecule has 1 saturated carbocycles. The maximum Gasteiger partial charge on any atom is 0.306 e. The molecule has 0 bridgehead atoms. The molecule has 4 atom stereocenters. The first-order valence-corrected chi connectivity index (χ1v) is 5.09. The number of aliphatic hydroxyl groups is 1. The van der Waals surface area contributed by atoms with E-state index in [1.165, 1.54) is 6.92 Å². The van der Waals surface area contributed by atoms with Gasteiger partial charge in [-0.2, -0.15) is 0 Å². The van der Waals surface area contributed by atoms with Crippen LogP contribution in [0.4, 0.5) is 0 Å². The lowest BCUT2D eigenvalue weighted by molar-refractivity contribution is -0.150. The summed E-state index contributed by atoms with van der Waals surface area (Å²) in [7, 11) is 0. The first kappa shape index (κ1) is 10.4. The van der Waals surface area contributed by atoms with E-state index in [0.29, 0.717) is 12.8 Å². The van der Waals surface area contributed by atoms with E-state index in [2.05, 4.69) is 0 Å². The van der Waals surface area contributed by atoms with Crippen LogP contribution < -0.4 is 0 Å². The fourth-order valence-corrected chi connectivity index (χ4v) is 2.56. The Bertz CT molecular complexity index is 288. The minimum atomic E-state index is -0.357. The number of esters is 2. The van der Waals surface area contributed by atoms with Crippen molar-refractivity contribution in [2.24, 2.45) is 11.8 Å². The lowest BCUT2D eigenvalue weighted by Gasteiger charge is -2.19. The smallest absolute Gasteiger partial charge is 0.306 e. The molecule has 84 valence electrons. The van der Waals surface area contributed by atoms with Crippen molar-refractivity contribution in [2.75, 3.05) is 6.61 Å². The van der Waals surface area contributed by atoms with Crippen LogP contribution in [0.3, 0.4) is 0 Å². The van der Waals surface area contributed by atoms with Crippen LogP contribution in [-0.4, -0.2) is 35.9 Å². The van der Waals surface area contributed by atoms with Crippen molar-refractivity contribution in [2.45, 2.75) is 32.0 Å². The Morgan fingerprint density at radius 3 is 3.00 bits per heavy atom. The fourth-order valence-electron chi connectivity index (χ4n) is 2.56. The van der Waals surface area contributed by atoms with Gasteiger partial charge in [0.25, 0.3) is 0 Å². The highest BCUT2D eigenvalue weighted by Gasteiger charge is 2.51. The normalized spacial score (nSPS) is 38.7. The van der Waals surface area contributed by atoms with Crippen LogP contribution >= 0.6 is 0 Å². The average molecular weight is 214 g/mol. The van der Waals surface area contributed by atoms with Gasteiger partial charge in [0.2, 0.25) is 0 Å². The first-order chi connectivity index (χ1) is 7.11. The number of ether oxygens (including phenoxy) is 2. The molecular formula is C10H14O5. The molecule has 1 N–H and O–H groups in total. The summed E-state index contributed by atoms with van der Waals surface area (Å²) in [4.78, 5) is 21.9. The van der Waals surface area contributed by atoms with E-state index in [1.54, 1.807) is 0 Å². The molecular weight excluding hydrogens is 200 g/mol. The summed E-state index contributed by atoms with van der Waals surface area (Å²) >= 11 is 0. The SMILES string of the molecule is CC(=O)O[C@H]1C[C@H]2OC(=O)C[C@H]2[C@@H]1CO. The summed E-state index contributed by atoms with van der Waals surface area (Å²) in [6.07, 6.45) is 0.351. The van der Waals surface area contributed by atoms with E-state index in [9.17, 15) is 14.7 Å². The van der Waals surface area contributed by atoms with Crippen LogP contribution in [0.5, 0.6) is 0 Å². The number of carbonyl (C=O) groups is 2. The third-order valence-corrected chi connectivity index (χ3v) is 3.18. The van der Waals surface area contributed by atoms with Crippen LogP contribution in [0.25, 0.3) is 0 Å². The highest BCUT2D eigenvalue weighted by molar-refractivity contribution is 5.72. The topological polar surface area (TPSA) is 72.8 Å². The summed E-state index contributed by atoms with van der Waals surface area (Å²) in [6, 6.07) is 0. The Morgan fingerprint density at radius 1 is 1.67 bits per heavy atom. The summed E-state index contributed by atoms with van der Waals surface area (Å²) in [5.74, 6) is -0.730. The van der Waals surface area contributed by atoms with Gasteiger partial charge in [0.05, 0.1) is 6.42 Å². The molecule has 1 heterocycles. The van der Waals surface area contributed by atoms with Gasteiger partial charge in [-0.15, -0.1) is 0 Å². The molecule has 0 spiro atoms. The van der Waals surface area contributed by atoms with Gasteiger partial charge in [-0.1, -0.05) is 0 Å². The van der Waals surface area contributed by atoms with Gasteiger partial charge in [-0.3, -0.25) is 9.59 Å². The number of hydrogen-bond donors (Lipinski definition) is 1. The van der Waals surface area contributed by atoms with Gasteiger partial charge < -0.3 is 14.6 Å². The van der Waals surface area contributed by atoms with E-state index in [-0.39, 0.29) is 42.6 Å². The molecule has 0 aromatic carbocycles. The molecule has 2 rings (SSSR count). The van der Waals surface area contributed by atoms with Crippen molar-refractivity contribution >= 4 is 11.9 Å². The lowest BCUT2D eigenvalue weighted by Crippen LogP contribution is -2.27. The van der Waals surface area contributed by atoms with Crippen molar-refractivity contribution in [3.05, 3.63) is 0 Å². The largest absolute Gasteiger partial charge is 0.462 e. The molecule has 2 aliphatic rings. The number of aliphatic hydroxyl groups excluding tert-OH is 1. The van der Waals surface area contributed by atoms with E-state index in [0.717, 1.165) is 0 Å². The molecule has 15 heavy (non-hydrogen) atoms. The zero-order valence-electron chi connectivity index (χ0n) is 8.51. The van der Waals surface area contributed by atoms with Crippen LogP contribution in [0, 0.1) is 11.8 Å². The second-order valence-corrected chi connectivity index (χ2v) is 4.13. The van der Waals surface area contributed by atoms with Gasteiger partial charge in [-0.05, 0) is 0 Å². The molecule has 1 saturated heterocycles. The fraction of sp³-hybridized carbons (Fsp3) is 0.800. The predicted molar refractivity (Wildman–Crippen MR) is 48.7 cm³/mol. The minimum Gasteiger partial charge on any atom is -0.462 e. The Hall–Kier alpha value is -1.10. The zero-order valence-corrected chi connectivity index (χ0v) is 8.51. The second kappa shape index (κ2) is 3.81. The van der Waals surface area contributed by atoms with Gasteiger partial charge in [0.1, 0.15) is 12.2 Å². The molecule has 0 aromatic heterocycles. The molecule has 0 amide bonds. The molecule has 1 aliphatic carbocycles. The second-order valence-electron chi connectivity index (χ2n) is 4.13. The van der Waals surface area contributed by atoms with Crippen molar-refractivity contribution < 1.29 is 24.2 Å². The standard InChI is InChI=1S/C10H14O5/c1-5(12)14-9-3-8-6(7(9)4-11)2-10(13)15-8/h6-9,11H,2-4H2,1H3/t6-,7-,8+,9-/m0/s1. The van der Waals surface area contributed by atoms with Crippen molar-refractivity contribution in [3.8, 4) is 0 Å². The third kappa shape index (κ3) is 1.84. The molecule has 2 fully saturated rings. The van der Waals surface area contributed by atoms with Crippen LogP contribution in [0.2, 0.25) is 0 Å². The summed E-state index contributed by atoms with van der Waals surface area (Å²) < 4.78 is 10.2. The molecule has 5 heteroatoms. The zero-order chi connectivity index (χ0) is 11.0. The Kier molecular flexibility index (Phi) is 2.65.